The quantitative estimate of drug-likeness (QED) is 0.821. The molecule has 25 heavy (non-hydrogen) atoms. The monoisotopic (exact) mass is 348 g/mol. The Labute approximate surface area is 144 Å². The predicted molar refractivity (Wildman–Crippen MR) is 91.7 cm³/mol. The summed E-state index contributed by atoms with van der Waals surface area (Å²) in [6, 6.07) is 14.5. The van der Waals surface area contributed by atoms with E-state index < -0.39 is 12.7 Å². The molecule has 3 rings (SSSR count). The van der Waals surface area contributed by atoms with Gasteiger partial charge in [0.15, 0.2) is 0 Å². The van der Waals surface area contributed by atoms with Crippen LogP contribution in [0.1, 0.15) is 29.9 Å². The lowest BCUT2D eigenvalue weighted by Crippen LogP contribution is -2.22. The van der Waals surface area contributed by atoms with Gasteiger partial charge in [0.05, 0.1) is 11.4 Å². The Bertz CT molecular complexity index is 758. The zero-order valence-corrected chi connectivity index (χ0v) is 13.6. The van der Waals surface area contributed by atoms with Gasteiger partial charge in [-0.15, -0.1) is 0 Å². The third kappa shape index (κ3) is 4.53. The summed E-state index contributed by atoms with van der Waals surface area (Å²) in [6.07, 6.45) is -2.12. The van der Waals surface area contributed by atoms with Crippen LogP contribution in [0.3, 0.4) is 0 Å². The fraction of sp³-hybridized carbons (Fsp3) is 0.316. The summed E-state index contributed by atoms with van der Waals surface area (Å²) >= 11 is 0. The van der Waals surface area contributed by atoms with E-state index in [1.54, 1.807) is 18.2 Å². The van der Waals surface area contributed by atoms with E-state index in [1.807, 2.05) is 18.2 Å². The second-order valence-corrected chi connectivity index (χ2v) is 6.20. The van der Waals surface area contributed by atoms with Crippen LogP contribution in [0.25, 0.3) is 0 Å². The minimum Gasteiger partial charge on any atom is -0.375 e. The molecule has 2 aromatic carbocycles. The summed E-state index contributed by atoms with van der Waals surface area (Å²) in [5.41, 5.74) is 3.09. The summed E-state index contributed by atoms with van der Waals surface area (Å²) in [7, 11) is 0. The number of para-hydroxylation sites is 2. The fourth-order valence-corrected chi connectivity index (χ4v) is 3.22. The van der Waals surface area contributed by atoms with Crippen molar-refractivity contribution >= 4 is 17.3 Å². The third-order valence-electron chi connectivity index (χ3n) is 4.37. The van der Waals surface area contributed by atoms with E-state index in [0.29, 0.717) is 12.1 Å². The number of hydrogen-bond acceptors (Lipinski definition) is 2. The van der Waals surface area contributed by atoms with Gasteiger partial charge in [0.25, 0.3) is 0 Å². The predicted octanol–water partition coefficient (Wildman–Crippen LogP) is 4.72. The zero-order chi connectivity index (χ0) is 17.9. The zero-order valence-electron chi connectivity index (χ0n) is 13.6. The molecule has 1 unspecified atom stereocenters. The van der Waals surface area contributed by atoms with Crippen LogP contribution < -0.4 is 10.6 Å². The maximum Gasteiger partial charge on any atom is 0.405 e. The molecular weight excluding hydrogens is 329 g/mol. The molecule has 0 fully saturated rings. The first-order valence-electron chi connectivity index (χ1n) is 8.20. The summed E-state index contributed by atoms with van der Waals surface area (Å²) in [6.45, 7) is -1.14. The van der Waals surface area contributed by atoms with Gasteiger partial charge in [-0.3, -0.25) is 4.79 Å². The van der Waals surface area contributed by atoms with Crippen molar-refractivity contribution in [3.05, 3.63) is 59.7 Å². The average Bonchev–Trinajstić information content (AvgIpc) is 2.96. The average molecular weight is 348 g/mol. The topological polar surface area (TPSA) is 41.1 Å². The Morgan fingerprint density at radius 3 is 2.48 bits per heavy atom. The molecule has 0 saturated heterocycles. The Balaban J connectivity index is 1.64. The molecule has 132 valence electrons. The van der Waals surface area contributed by atoms with Gasteiger partial charge < -0.3 is 10.6 Å². The number of fused-ring (bicyclic) bond motifs is 1. The van der Waals surface area contributed by atoms with E-state index >= 15 is 0 Å². The molecule has 0 bridgehead atoms. The number of benzene rings is 2. The van der Waals surface area contributed by atoms with Crippen LogP contribution in [-0.4, -0.2) is 18.6 Å². The number of rotatable bonds is 5. The van der Waals surface area contributed by atoms with Crippen LogP contribution in [0.15, 0.2) is 48.5 Å². The second-order valence-electron chi connectivity index (χ2n) is 6.20. The van der Waals surface area contributed by atoms with Crippen LogP contribution >= 0.6 is 0 Å². The first-order valence-corrected chi connectivity index (χ1v) is 8.20. The Morgan fingerprint density at radius 2 is 1.72 bits per heavy atom. The molecule has 2 N–H and O–H groups in total. The lowest BCUT2D eigenvalue weighted by molar-refractivity contribution is -0.116. The van der Waals surface area contributed by atoms with Gasteiger partial charge in [-0.2, -0.15) is 13.2 Å². The van der Waals surface area contributed by atoms with Crippen LogP contribution in [0, 0.1) is 0 Å². The number of anilines is 2. The highest BCUT2D eigenvalue weighted by molar-refractivity contribution is 5.94. The molecule has 0 saturated carbocycles. The molecule has 0 spiro atoms. The van der Waals surface area contributed by atoms with Gasteiger partial charge in [-0.1, -0.05) is 36.4 Å². The molecule has 1 aliphatic carbocycles. The summed E-state index contributed by atoms with van der Waals surface area (Å²) in [5.74, 6) is -0.0329. The van der Waals surface area contributed by atoms with Crippen molar-refractivity contribution in [1.82, 2.24) is 0 Å². The number of hydrogen-bond donors (Lipinski definition) is 2. The number of aryl methyl sites for hydroxylation is 1. The molecule has 0 radical (unpaired) electrons. The van der Waals surface area contributed by atoms with Crippen molar-refractivity contribution < 1.29 is 18.0 Å². The molecule has 3 nitrogen and oxygen atoms in total. The fourth-order valence-electron chi connectivity index (χ4n) is 3.22. The van der Waals surface area contributed by atoms with Gasteiger partial charge in [0, 0.05) is 6.42 Å². The van der Waals surface area contributed by atoms with E-state index in [9.17, 15) is 18.0 Å². The van der Waals surface area contributed by atoms with Crippen molar-refractivity contribution in [3.8, 4) is 0 Å². The van der Waals surface area contributed by atoms with E-state index in [0.717, 1.165) is 12.8 Å². The van der Waals surface area contributed by atoms with E-state index in [-0.39, 0.29) is 17.5 Å². The normalized spacial score (nSPS) is 16.4. The van der Waals surface area contributed by atoms with Crippen molar-refractivity contribution in [2.24, 2.45) is 0 Å². The van der Waals surface area contributed by atoms with E-state index in [2.05, 4.69) is 16.7 Å². The van der Waals surface area contributed by atoms with Crippen LogP contribution in [-0.2, 0) is 11.2 Å². The molecule has 0 aromatic heterocycles. The van der Waals surface area contributed by atoms with E-state index in [1.165, 1.54) is 17.2 Å². The minimum absolute atomic E-state index is 0.159. The minimum atomic E-state index is -4.31. The Hall–Kier alpha value is -2.50. The molecule has 1 atom stereocenters. The van der Waals surface area contributed by atoms with Gasteiger partial charge in [0.2, 0.25) is 5.91 Å². The molecule has 1 aliphatic rings. The van der Waals surface area contributed by atoms with Gasteiger partial charge in [0.1, 0.15) is 6.54 Å². The standard InChI is InChI=1S/C19H19F3N2O/c20-19(21,22)12-23-16-7-3-4-8-17(16)24-18(25)11-14-10-9-13-5-1-2-6-15(13)14/h1-8,14,23H,9-12H2,(H,24,25). The number of carbonyl (C=O) groups excluding carboxylic acids is 1. The number of carbonyl (C=O) groups is 1. The van der Waals surface area contributed by atoms with E-state index in [4.69, 9.17) is 0 Å². The first-order chi connectivity index (χ1) is 11.9. The SMILES string of the molecule is O=C(CC1CCc2ccccc21)Nc1ccccc1NCC(F)(F)F. The van der Waals surface area contributed by atoms with Gasteiger partial charge >= 0.3 is 6.18 Å². The number of nitrogens with one attached hydrogen (secondary N) is 2. The lowest BCUT2D eigenvalue weighted by Gasteiger charge is -2.16. The van der Waals surface area contributed by atoms with Gasteiger partial charge in [-0.25, -0.2) is 0 Å². The molecule has 0 aliphatic heterocycles. The summed E-state index contributed by atoms with van der Waals surface area (Å²) in [4.78, 5) is 12.4. The molecular formula is C19H19F3N2O. The molecule has 1 amide bonds. The molecule has 6 heteroatoms. The van der Waals surface area contributed by atoms with Crippen LogP contribution in [0.5, 0.6) is 0 Å². The van der Waals surface area contributed by atoms with Crippen LogP contribution in [0.2, 0.25) is 0 Å². The number of halogens is 3. The second kappa shape index (κ2) is 7.17. The highest BCUT2D eigenvalue weighted by atomic mass is 19.4. The highest BCUT2D eigenvalue weighted by Gasteiger charge is 2.27. The third-order valence-corrected chi connectivity index (χ3v) is 4.37. The Kier molecular flexibility index (Phi) is 4.97. The van der Waals surface area contributed by atoms with Gasteiger partial charge in [-0.05, 0) is 42.0 Å². The smallest absolute Gasteiger partial charge is 0.375 e. The maximum absolute atomic E-state index is 12.4. The van der Waals surface area contributed by atoms with Crippen molar-refractivity contribution in [1.29, 1.82) is 0 Å². The lowest BCUT2D eigenvalue weighted by atomic mass is 9.97. The maximum atomic E-state index is 12.4. The summed E-state index contributed by atoms with van der Waals surface area (Å²) < 4.78 is 37.2. The highest BCUT2D eigenvalue weighted by Crippen LogP contribution is 2.35. The van der Waals surface area contributed by atoms with Crippen molar-refractivity contribution in [2.45, 2.75) is 31.4 Å². The Morgan fingerprint density at radius 1 is 1.04 bits per heavy atom. The molecule has 0 heterocycles. The number of alkyl halides is 3. The number of amides is 1. The summed E-state index contributed by atoms with van der Waals surface area (Å²) in [5, 5.41) is 5.06. The largest absolute Gasteiger partial charge is 0.405 e. The van der Waals surface area contributed by atoms with Crippen LogP contribution in [0.4, 0.5) is 24.5 Å². The first kappa shape index (κ1) is 17.3. The van der Waals surface area contributed by atoms with Crippen molar-refractivity contribution in [2.75, 3.05) is 17.2 Å². The molecule has 2 aromatic rings. The van der Waals surface area contributed by atoms with Crippen molar-refractivity contribution in [3.63, 3.8) is 0 Å².